The number of hydrogen-bond donors (Lipinski definition) is 2. The van der Waals surface area contributed by atoms with Gasteiger partial charge in [0.1, 0.15) is 0 Å². The third kappa shape index (κ3) is 6.36. The van der Waals surface area contributed by atoms with Crippen molar-refractivity contribution in [3.05, 3.63) is 35.9 Å². The second-order valence-electron chi connectivity index (χ2n) is 7.41. The maximum Gasteiger partial charge on any atom is 0.308 e. The third-order valence-corrected chi connectivity index (χ3v) is 5.59. The molecule has 0 saturated heterocycles. The maximum atomic E-state index is 11.8. The van der Waals surface area contributed by atoms with Crippen molar-refractivity contribution in [1.82, 2.24) is 10.6 Å². The molecule has 2 unspecified atom stereocenters. The van der Waals surface area contributed by atoms with Gasteiger partial charge in [-0.2, -0.15) is 0 Å². The van der Waals surface area contributed by atoms with E-state index in [2.05, 4.69) is 46.0 Å². The van der Waals surface area contributed by atoms with Crippen molar-refractivity contribution >= 4 is 35.9 Å². The summed E-state index contributed by atoms with van der Waals surface area (Å²) in [5, 5.41) is 7.00. The van der Waals surface area contributed by atoms with Crippen LogP contribution in [0.15, 0.2) is 35.3 Å². The van der Waals surface area contributed by atoms with Gasteiger partial charge in [0.25, 0.3) is 0 Å². The summed E-state index contributed by atoms with van der Waals surface area (Å²) < 4.78 is 5.14. The van der Waals surface area contributed by atoms with Gasteiger partial charge < -0.3 is 15.4 Å². The molecule has 0 bridgehead atoms. The average Bonchev–Trinajstić information content (AvgIpc) is 3.46. The van der Waals surface area contributed by atoms with Gasteiger partial charge in [-0.25, -0.2) is 0 Å². The lowest BCUT2D eigenvalue weighted by molar-refractivity contribution is -0.149. The van der Waals surface area contributed by atoms with Crippen LogP contribution in [0.3, 0.4) is 0 Å². The number of guanidine groups is 1. The summed E-state index contributed by atoms with van der Waals surface area (Å²) in [5.41, 5.74) is 1.44. The van der Waals surface area contributed by atoms with Crippen LogP contribution < -0.4 is 10.6 Å². The smallest absolute Gasteiger partial charge is 0.308 e. The fourth-order valence-corrected chi connectivity index (χ4v) is 3.93. The van der Waals surface area contributed by atoms with Crippen molar-refractivity contribution in [2.75, 3.05) is 20.2 Å². The van der Waals surface area contributed by atoms with E-state index in [1.54, 1.807) is 0 Å². The van der Waals surface area contributed by atoms with Crippen LogP contribution in [0.25, 0.3) is 0 Å². The molecule has 3 rings (SSSR count). The summed E-state index contributed by atoms with van der Waals surface area (Å²) in [6.07, 6.45) is 5.01. The standard InChI is InChI=1S/C21H31N3O2.HI/c1-3-26-20(25)16-9-11-18(12-10-16)24-21(22-2)23-14-17-13-19(17)15-7-5-4-6-8-15;/h4-8,16-19H,3,9-14H2,1-2H3,(H2,22,23,24);1H. The van der Waals surface area contributed by atoms with Crippen molar-refractivity contribution in [2.45, 2.75) is 51.0 Å². The summed E-state index contributed by atoms with van der Waals surface area (Å²) in [5.74, 6) is 2.29. The molecule has 2 saturated carbocycles. The molecule has 2 N–H and O–H groups in total. The van der Waals surface area contributed by atoms with Crippen LogP contribution in [0.2, 0.25) is 0 Å². The Morgan fingerprint density at radius 3 is 2.52 bits per heavy atom. The van der Waals surface area contributed by atoms with Crippen LogP contribution >= 0.6 is 24.0 Å². The number of hydrogen-bond acceptors (Lipinski definition) is 3. The van der Waals surface area contributed by atoms with E-state index < -0.39 is 0 Å². The first-order chi connectivity index (χ1) is 12.7. The van der Waals surface area contributed by atoms with Crippen molar-refractivity contribution < 1.29 is 9.53 Å². The lowest BCUT2D eigenvalue weighted by Gasteiger charge is -2.29. The fourth-order valence-electron chi connectivity index (χ4n) is 3.93. The quantitative estimate of drug-likeness (QED) is 0.279. The van der Waals surface area contributed by atoms with E-state index in [-0.39, 0.29) is 35.9 Å². The Kier molecular flexibility index (Phi) is 8.86. The molecule has 6 heteroatoms. The lowest BCUT2D eigenvalue weighted by Crippen LogP contribution is -2.45. The van der Waals surface area contributed by atoms with Crippen LogP contribution in [0, 0.1) is 11.8 Å². The van der Waals surface area contributed by atoms with E-state index in [1.165, 1.54) is 12.0 Å². The highest BCUT2D eigenvalue weighted by molar-refractivity contribution is 14.0. The summed E-state index contributed by atoms with van der Waals surface area (Å²) in [7, 11) is 1.82. The number of nitrogens with zero attached hydrogens (tertiary/aromatic N) is 1. The SMILES string of the molecule is CCOC(=O)C1CCC(NC(=NC)NCC2CC2c2ccccc2)CC1.I. The van der Waals surface area contributed by atoms with Crippen LogP contribution in [-0.4, -0.2) is 38.2 Å². The zero-order valence-electron chi connectivity index (χ0n) is 16.3. The van der Waals surface area contributed by atoms with Gasteiger partial charge in [-0.15, -0.1) is 24.0 Å². The molecular weight excluding hydrogens is 453 g/mol. The Balaban J connectivity index is 0.00000261. The average molecular weight is 485 g/mol. The number of carbonyl (C=O) groups is 1. The zero-order chi connectivity index (χ0) is 18.4. The minimum absolute atomic E-state index is 0. The Morgan fingerprint density at radius 2 is 1.89 bits per heavy atom. The van der Waals surface area contributed by atoms with Gasteiger partial charge in [-0.05, 0) is 56.4 Å². The molecule has 5 nitrogen and oxygen atoms in total. The number of benzene rings is 1. The van der Waals surface area contributed by atoms with E-state index in [0.717, 1.165) is 38.2 Å². The third-order valence-electron chi connectivity index (χ3n) is 5.59. The molecule has 0 aliphatic heterocycles. The molecule has 1 aromatic carbocycles. The molecule has 0 amide bonds. The maximum absolute atomic E-state index is 11.8. The fraction of sp³-hybridized carbons (Fsp3) is 0.619. The van der Waals surface area contributed by atoms with E-state index in [1.807, 2.05) is 14.0 Å². The number of ether oxygens (including phenoxy) is 1. The Morgan fingerprint density at radius 1 is 1.19 bits per heavy atom. The Hall–Kier alpha value is -1.31. The molecule has 0 heterocycles. The van der Waals surface area contributed by atoms with Gasteiger partial charge in [-0.1, -0.05) is 30.3 Å². The Labute approximate surface area is 179 Å². The lowest BCUT2D eigenvalue weighted by atomic mass is 9.86. The Bertz CT molecular complexity index is 615. The summed E-state index contributed by atoms with van der Waals surface area (Å²) >= 11 is 0. The highest BCUT2D eigenvalue weighted by Gasteiger charge is 2.38. The molecule has 2 aliphatic carbocycles. The molecule has 1 aromatic rings. The van der Waals surface area contributed by atoms with Crippen LogP contribution in [0.4, 0.5) is 0 Å². The first kappa shape index (κ1) is 22.0. The van der Waals surface area contributed by atoms with Crippen LogP contribution in [0.5, 0.6) is 0 Å². The van der Waals surface area contributed by atoms with Gasteiger partial charge in [0.2, 0.25) is 0 Å². The van der Waals surface area contributed by atoms with Crippen molar-refractivity contribution in [1.29, 1.82) is 0 Å². The molecule has 2 aliphatic rings. The molecule has 27 heavy (non-hydrogen) atoms. The minimum Gasteiger partial charge on any atom is -0.466 e. The molecule has 2 atom stereocenters. The summed E-state index contributed by atoms with van der Waals surface area (Å²) in [6, 6.07) is 11.1. The number of halogens is 1. The van der Waals surface area contributed by atoms with Gasteiger partial charge in [0.05, 0.1) is 12.5 Å². The normalized spacial score (nSPS) is 27.3. The molecule has 150 valence electrons. The van der Waals surface area contributed by atoms with Crippen LogP contribution in [-0.2, 0) is 9.53 Å². The molecular formula is C21H32IN3O2. The minimum atomic E-state index is -0.0332. The van der Waals surface area contributed by atoms with Gasteiger partial charge >= 0.3 is 5.97 Å². The van der Waals surface area contributed by atoms with E-state index in [9.17, 15) is 4.79 Å². The second kappa shape index (κ2) is 10.9. The van der Waals surface area contributed by atoms with E-state index in [0.29, 0.717) is 24.5 Å². The van der Waals surface area contributed by atoms with E-state index in [4.69, 9.17) is 4.74 Å². The van der Waals surface area contributed by atoms with Crippen molar-refractivity contribution in [3.8, 4) is 0 Å². The number of nitrogens with one attached hydrogen (secondary N) is 2. The zero-order valence-corrected chi connectivity index (χ0v) is 18.6. The molecule has 2 fully saturated rings. The first-order valence-corrected chi connectivity index (χ1v) is 9.90. The molecule has 0 radical (unpaired) electrons. The summed E-state index contributed by atoms with van der Waals surface area (Å²) in [6.45, 7) is 3.29. The van der Waals surface area contributed by atoms with Gasteiger partial charge in [0, 0.05) is 19.6 Å². The highest BCUT2D eigenvalue weighted by Crippen LogP contribution is 2.46. The second-order valence-corrected chi connectivity index (χ2v) is 7.41. The number of aliphatic imine (C=N–C) groups is 1. The number of esters is 1. The van der Waals surface area contributed by atoms with Crippen LogP contribution in [0.1, 0.15) is 50.5 Å². The van der Waals surface area contributed by atoms with Gasteiger partial charge in [0.15, 0.2) is 5.96 Å². The first-order valence-electron chi connectivity index (χ1n) is 9.90. The van der Waals surface area contributed by atoms with Gasteiger partial charge in [-0.3, -0.25) is 9.79 Å². The predicted octanol–water partition coefficient (Wildman–Crippen LogP) is 3.70. The summed E-state index contributed by atoms with van der Waals surface area (Å²) in [4.78, 5) is 16.2. The largest absolute Gasteiger partial charge is 0.466 e. The van der Waals surface area contributed by atoms with Crippen molar-refractivity contribution in [3.63, 3.8) is 0 Å². The monoisotopic (exact) mass is 485 g/mol. The van der Waals surface area contributed by atoms with E-state index >= 15 is 0 Å². The number of carbonyl (C=O) groups excluding carboxylic acids is 1. The molecule has 0 spiro atoms. The molecule has 0 aromatic heterocycles. The topological polar surface area (TPSA) is 62.7 Å². The predicted molar refractivity (Wildman–Crippen MR) is 120 cm³/mol. The number of rotatable bonds is 6. The van der Waals surface area contributed by atoms with Crippen molar-refractivity contribution in [2.24, 2.45) is 16.8 Å². The highest BCUT2D eigenvalue weighted by atomic mass is 127.